The smallest absolute Gasteiger partial charge is 0.275 e. The molecule has 0 aliphatic heterocycles. The summed E-state index contributed by atoms with van der Waals surface area (Å²) >= 11 is 0. The molecule has 1 aromatic carbocycles. The van der Waals surface area contributed by atoms with Gasteiger partial charge in [-0.15, -0.1) is 0 Å². The van der Waals surface area contributed by atoms with Crippen LogP contribution in [0.4, 0.5) is 0 Å². The van der Waals surface area contributed by atoms with Gasteiger partial charge < -0.3 is 5.73 Å². The Hall–Kier alpha value is -2.43. The summed E-state index contributed by atoms with van der Waals surface area (Å²) < 4.78 is 0. The number of aryl methyl sites for hydroxylation is 2. The van der Waals surface area contributed by atoms with Gasteiger partial charge in [0, 0.05) is 5.56 Å². The highest BCUT2D eigenvalue weighted by Gasteiger charge is 2.09. The van der Waals surface area contributed by atoms with E-state index in [2.05, 4.69) is 10.2 Å². The van der Waals surface area contributed by atoms with Crippen molar-refractivity contribution in [2.24, 2.45) is 5.73 Å². The van der Waals surface area contributed by atoms with E-state index < -0.39 is 5.56 Å². The largest absolute Gasteiger partial charge is 0.384 e. The molecule has 0 saturated carbocycles. The summed E-state index contributed by atoms with van der Waals surface area (Å²) in [6.45, 7) is 3.95. The van der Waals surface area contributed by atoms with E-state index in [9.17, 15) is 4.79 Å². The van der Waals surface area contributed by atoms with E-state index in [1.54, 1.807) is 6.07 Å². The predicted octanol–water partition coefficient (Wildman–Crippen LogP) is 1.34. The van der Waals surface area contributed by atoms with Crippen LogP contribution in [0.3, 0.4) is 0 Å². The molecule has 92 valence electrons. The molecule has 0 atom stereocenters. The number of H-pyrrole nitrogens is 1. The van der Waals surface area contributed by atoms with Gasteiger partial charge >= 0.3 is 0 Å². The number of aromatic amines is 1. The monoisotopic (exact) mass is 242 g/mol. The molecule has 4 N–H and O–H groups in total. The van der Waals surface area contributed by atoms with Crippen LogP contribution < -0.4 is 11.3 Å². The van der Waals surface area contributed by atoms with Crippen molar-refractivity contribution in [3.05, 3.63) is 51.3 Å². The third-order valence-corrected chi connectivity index (χ3v) is 2.76. The summed E-state index contributed by atoms with van der Waals surface area (Å²) in [5.74, 6) is -0.259. The normalized spacial score (nSPS) is 10.3. The van der Waals surface area contributed by atoms with Crippen molar-refractivity contribution in [1.82, 2.24) is 10.2 Å². The van der Waals surface area contributed by atoms with Crippen molar-refractivity contribution in [2.75, 3.05) is 0 Å². The third-order valence-electron chi connectivity index (χ3n) is 2.76. The molecule has 0 unspecified atom stereocenters. The first kappa shape index (κ1) is 12.0. The minimum Gasteiger partial charge on any atom is -0.384 e. The van der Waals surface area contributed by atoms with Crippen LogP contribution in [-0.4, -0.2) is 16.0 Å². The minimum atomic E-state index is -0.448. The van der Waals surface area contributed by atoms with Gasteiger partial charge in [0.1, 0.15) is 5.84 Å². The lowest BCUT2D eigenvalue weighted by Gasteiger charge is -2.07. The number of nitrogen functional groups attached to an aromatic ring is 1. The number of amidine groups is 1. The zero-order valence-electron chi connectivity index (χ0n) is 10.2. The zero-order chi connectivity index (χ0) is 13.3. The minimum absolute atomic E-state index is 0.140. The van der Waals surface area contributed by atoms with E-state index >= 15 is 0 Å². The predicted molar refractivity (Wildman–Crippen MR) is 70.8 cm³/mol. The van der Waals surface area contributed by atoms with Crippen LogP contribution in [0.1, 0.15) is 16.7 Å². The Morgan fingerprint density at radius 2 is 2.06 bits per heavy atom. The molecule has 0 amide bonds. The highest BCUT2D eigenvalue weighted by Crippen LogP contribution is 2.22. The van der Waals surface area contributed by atoms with Gasteiger partial charge in [0.25, 0.3) is 5.56 Å². The van der Waals surface area contributed by atoms with Crippen molar-refractivity contribution in [3.8, 4) is 11.3 Å². The van der Waals surface area contributed by atoms with Gasteiger partial charge in [-0.1, -0.05) is 17.7 Å². The standard InChI is InChI=1S/C13H14N4O/c1-7-3-4-8(2)9(5-7)11-6-10(12(14)15)13(18)17-16-11/h3-6H,1-2H3,(H3,14,15)(H,17,18). The molecule has 1 heterocycles. The maximum absolute atomic E-state index is 11.5. The first-order chi connectivity index (χ1) is 8.49. The lowest BCUT2D eigenvalue weighted by atomic mass is 10.0. The Kier molecular flexibility index (Phi) is 2.97. The third kappa shape index (κ3) is 2.15. The number of hydrogen-bond donors (Lipinski definition) is 3. The molecule has 0 aliphatic carbocycles. The molecule has 0 fully saturated rings. The number of aromatic nitrogens is 2. The number of nitrogens with two attached hydrogens (primary N) is 1. The Labute approximate surface area is 104 Å². The molecule has 0 radical (unpaired) electrons. The van der Waals surface area contributed by atoms with Crippen LogP contribution in [0, 0.1) is 19.3 Å². The molecule has 2 rings (SSSR count). The first-order valence-corrected chi connectivity index (χ1v) is 5.51. The lowest BCUT2D eigenvalue weighted by molar-refractivity contribution is 0.986. The number of hydrogen-bond acceptors (Lipinski definition) is 3. The van der Waals surface area contributed by atoms with Gasteiger partial charge in [-0.2, -0.15) is 5.10 Å². The van der Waals surface area contributed by atoms with Crippen LogP contribution in [0.25, 0.3) is 11.3 Å². The van der Waals surface area contributed by atoms with Gasteiger partial charge in [0.2, 0.25) is 0 Å². The van der Waals surface area contributed by atoms with Crippen LogP contribution >= 0.6 is 0 Å². The van der Waals surface area contributed by atoms with Crippen molar-refractivity contribution in [2.45, 2.75) is 13.8 Å². The summed E-state index contributed by atoms with van der Waals surface area (Å²) in [6.07, 6.45) is 0. The second kappa shape index (κ2) is 4.44. The summed E-state index contributed by atoms with van der Waals surface area (Å²) in [7, 11) is 0. The van der Waals surface area contributed by atoms with Gasteiger partial charge in [0.15, 0.2) is 0 Å². The van der Waals surface area contributed by atoms with Gasteiger partial charge in [-0.3, -0.25) is 10.2 Å². The summed E-state index contributed by atoms with van der Waals surface area (Å²) in [4.78, 5) is 11.5. The fourth-order valence-electron chi connectivity index (χ4n) is 1.76. The molecule has 0 bridgehead atoms. The second-order valence-electron chi connectivity index (χ2n) is 4.23. The molecule has 18 heavy (non-hydrogen) atoms. The number of nitrogens with one attached hydrogen (secondary N) is 2. The molecule has 0 spiro atoms. The second-order valence-corrected chi connectivity index (χ2v) is 4.23. The molecule has 5 heteroatoms. The Bertz CT molecular complexity index is 673. The molecular weight excluding hydrogens is 228 g/mol. The van der Waals surface area contributed by atoms with E-state index in [4.69, 9.17) is 11.1 Å². The van der Waals surface area contributed by atoms with Gasteiger partial charge in [0.05, 0.1) is 11.3 Å². The van der Waals surface area contributed by atoms with Gasteiger partial charge in [-0.25, -0.2) is 5.10 Å². The van der Waals surface area contributed by atoms with E-state index in [1.165, 1.54) is 0 Å². The van der Waals surface area contributed by atoms with Crippen LogP contribution in [0.2, 0.25) is 0 Å². The quantitative estimate of drug-likeness (QED) is 0.547. The Balaban J connectivity index is 2.65. The number of rotatable bonds is 2. The zero-order valence-corrected chi connectivity index (χ0v) is 10.2. The highest BCUT2D eigenvalue weighted by atomic mass is 16.1. The molecular formula is C13H14N4O. The Morgan fingerprint density at radius 1 is 1.33 bits per heavy atom. The van der Waals surface area contributed by atoms with Crippen LogP contribution in [-0.2, 0) is 0 Å². The number of nitrogens with zero attached hydrogens (tertiary/aromatic N) is 1. The molecule has 2 aromatic rings. The van der Waals surface area contributed by atoms with Crippen molar-refractivity contribution >= 4 is 5.84 Å². The molecule has 0 aliphatic rings. The van der Waals surface area contributed by atoms with Gasteiger partial charge in [-0.05, 0) is 31.5 Å². The van der Waals surface area contributed by atoms with Crippen molar-refractivity contribution < 1.29 is 0 Å². The van der Waals surface area contributed by atoms with Crippen LogP contribution in [0.5, 0.6) is 0 Å². The maximum Gasteiger partial charge on any atom is 0.275 e. The fraction of sp³-hybridized carbons (Fsp3) is 0.154. The molecule has 1 aromatic heterocycles. The summed E-state index contributed by atoms with van der Waals surface area (Å²) in [5.41, 5.74) is 8.75. The number of benzene rings is 1. The first-order valence-electron chi connectivity index (χ1n) is 5.51. The van der Waals surface area contributed by atoms with Crippen molar-refractivity contribution in [3.63, 3.8) is 0 Å². The summed E-state index contributed by atoms with van der Waals surface area (Å²) in [6, 6.07) is 7.53. The van der Waals surface area contributed by atoms with E-state index in [0.717, 1.165) is 16.7 Å². The Morgan fingerprint density at radius 3 is 2.72 bits per heavy atom. The average molecular weight is 242 g/mol. The van der Waals surface area contributed by atoms with E-state index in [1.807, 2.05) is 32.0 Å². The van der Waals surface area contributed by atoms with E-state index in [-0.39, 0.29) is 11.4 Å². The molecule has 0 saturated heterocycles. The lowest BCUT2D eigenvalue weighted by Crippen LogP contribution is -2.24. The van der Waals surface area contributed by atoms with Crippen molar-refractivity contribution in [1.29, 1.82) is 5.41 Å². The maximum atomic E-state index is 11.5. The van der Waals surface area contributed by atoms with Crippen LogP contribution in [0.15, 0.2) is 29.1 Å². The topological polar surface area (TPSA) is 95.6 Å². The average Bonchev–Trinajstić information content (AvgIpc) is 2.33. The highest BCUT2D eigenvalue weighted by molar-refractivity contribution is 5.95. The fourth-order valence-corrected chi connectivity index (χ4v) is 1.76. The van der Waals surface area contributed by atoms with E-state index in [0.29, 0.717) is 5.69 Å². The summed E-state index contributed by atoms with van der Waals surface area (Å²) in [5, 5.41) is 13.7. The SMILES string of the molecule is Cc1ccc(C)c(-c2cc(C(=N)N)c(=O)[nH]n2)c1. The molecule has 5 nitrogen and oxygen atoms in total.